The van der Waals surface area contributed by atoms with Gasteiger partial charge in [0.05, 0.1) is 13.3 Å². The van der Waals surface area contributed by atoms with Gasteiger partial charge in [0.2, 0.25) is 0 Å². The van der Waals surface area contributed by atoms with Crippen molar-refractivity contribution in [3.05, 3.63) is 47.9 Å². The van der Waals surface area contributed by atoms with Gasteiger partial charge < -0.3 is 15.8 Å². The van der Waals surface area contributed by atoms with Crippen LogP contribution in [0.25, 0.3) is 0 Å². The molecule has 1 aromatic heterocycles. The Morgan fingerprint density at radius 2 is 2.16 bits per heavy atom. The van der Waals surface area contributed by atoms with E-state index >= 15 is 0 Å². The van der Waals surface area contributed by atoms with E-state index in [0.29, 0.717) is 17.0 Å². The summed E-state index contributed by atoms with van der Waals surface area (Å²) in [6.07, 6.45) is 1.02. The number of benzene rings is 1. The standard InChI is InChI=1S/C13H12FN3O2/c1-19-11-5-8(4-10(15)6-11)13(18)17-12-3-2-9(14)7-16-12/h2-7H,15H2,1H3,(H,16,17,18). The summed E-state index contributed by atoms with van der Waals surface area (Å²) in [4.78, 5) is 15.7. The maximum absolute atomic E-state index is 12.7. The molecule has 0 spiro atoms. The summed E-state index contributed by atoms with van der Waals surface area (Å²) in [5, 5.41) is 2.54. The van der Waals surface area contributed by atoms with E-state index in [0.717, 1.165) is 6.20 Å². The number of nitrogens with zero attached hydrogens (tertiary/aromatic N) is 1. The molecule has 2 rings (SSSR count). The quantitative estimate of drug-likeness (QED) is 0.829. The number of ether oxygens (including phenoxy) is 1. The number of nitrogens with two attached hydrogens (primary N) is 1. The lowest BCUT2D eigenvalue weighted by Gasteiger charge is -2.07. The maximum atomic E-state index is 12.7. The van der Waals surface area contributed by atoms with E-state index in [1.165, 1.54) is 25.3 Å². The summed E-state index contributed by atoms with van der Waals surface area (Å²) in [6, 6.07) is 7.25. The molecule has 0 aliphatic heterocycles. The van der Waals surface area contributed by atoms with Gasteiger partial charge in [-0.15, -0.1) is 0 Å². The van der Waals surface area contributed by atoms with E-state index in [1.54, 1.807) is 12.1 Å². The number of carbonyl (C=O) groups excluding carboxylic acids is 1. The molecule has 2 aromatic rings. The lowest BCUT2D eigenvalue weighted by atomic mass is 10.1. The second kappa shape index (κ2) is 5.34. The van der Waals surface area contributed by atoms with Crippen molar-refractivity contribution in [2.75, 3.05) is 18.2 Å². The van der Waals surface area contributed by atoms with Crippen LogP contribution in [0.5, 0.6) is 5.75 Å². The van der Waals surface area contributed by atoms with Gasteiger partial charge in [0.1, 0.15) is 17.4 Å². The zero-order valence-corrected chi connectivity index (χ0v) is 10.2. The second-order valence-electron chi connectivity index (χ2n) is 3.81. The van der Waals surface area contributed by atoms with Gasteiger partial charge in [-0.25, -0.2) is 9.37 Å². The highest BCUT2D eigenvalue weighted by atomic mass is 19.1. The molecule has 19 heavy (non-hydrogen) atoms. The zero-order valence-electron chi connectivity index (χ0n) is 10.2. The first-order chi connectivity index (χ1) is 9.08. The van der Waals surface area contributed by atoms with Crippen molar-refractivity contribution in [3.63, 3.8) is 0 Å². The number of nitrogen functional groups attached to an aromatic ring is 1. The Hall–Kier alpha value is -2.63. The number of nitrogens with one attached hydrogen (secondary N) is 1. The Morgan fingerprint density at radius 1 is 1.37 bits per heavy atom. The van der Waals surface area contributed by atoms with Gasteiger partial charge in [-0.2, -0.15) is 0 Å². The first-order valence-corrected chi connectivity index (χ1v) is 5.46. The molecule has 0 aliphatic rings. The van der Waals surface area contributed by atoms with Crippen molar-refractivity contribution in [2.45, 2.75) is 0 Å². The molecule has 1 aromatic carbocycles. The normalized spacial score (nSPS) is 10.0. The third-order valence-corrected chi connectivity index (χ3v) is 2.40. The van der Waals surface area contributed by atoms with Crippen LogP contribution in [0.2, 0.25) is 0 Å². The SMILES string of the molecule is COc1cc(N)cc(C(=O)Nc2ccc(F)cn2)c1. The van der Waals surface area contributed by atoms with Crippen LogP contribution in [0.4, 0.5) is 15.9 Å². The average molecular weight is 261 g/mol. The van der Waals surface area contributed by atoms with E-state index in [2.05, 4.69) is 10.3 Å². The van der Waals surface area contributed by atoms with E-state index in [1.807, 2.05) is 0 Å². The van der Waals surface area contributed by atoms with Crippen molar-refractivity contribution >= 4 is 17.4 Å². The van der Waals surface area contributed by atoms with Crippen LogP contribution in [0, 0.1) is 5.82 Å². The first-order valence-electron chi connectivity index (χ1n) is 5.46. The van der Waals surface area contributed by atoms with Crippen LogP contribution < -0.4 is 15.8 Å². The molecule has 98 valence electrons. The molecular weight excluding hydrogens is 249 g/mol. The molecule has 0 fully saturated rings. The summed E-state index contributed by atoms with van der Waals surface area (Å²) in [5.41, 5.74) is 6.41. The van der Waals surface area contributed by atoms with Crippen LogP contribution in [-0.2, 0) is 0 Å². The fraction of sp³-hybridized carbons (Fsp3) is 0.0769. The predicted molar refractivity (Wildman–Crippen MR) is 69.6 cm³/mol. The predicted octanol–water partition coefficient (Wildman–Crippen LogP) is 2.06. The first kappa shape index (κ1) is 12.8. The third kappa shape index (κ3) is 3.19. The van der Waals surface area contributed by atoms with Gasteiger partial charge in [0.25, 0.3) is 5.91 Å². The molecule has 0 radical (unpaired) electrons. The van der Waals surface area contributed by atoms with E-state index in [9.17, 15) is 9.18 Å². The van der Waals surface area contributed by atoms with Gasteiger partial charge >= 0.3 is 0 Å². The summed E-state index contributed by atoms with van der Waals surface area (Å²) < 4.78 is 17.7. The van der Waals surface area contributed by atoms with Crippen LogP contribution in [0.3, 0.4) is 0 Å². The number of hydrogen-bond acceptors (Lipinski definition) is 4. The van der Waals surface area contributed by atoms with Gasteiger partial charge in [-0.05, 0) is 24.3 Å². The average Bonchev–Trinajstić information content (AvgIpc) is 2.40. The summed E-state index contributed by atoms with van der Waals surface area (Å²) in [7, 11) is 1.48. The molecule has 0 aliphatic carbocycles. The molecule has 0 saturated heterocycles. The largest absolute Gasteiger partial charge is 0.497 e. The topological polar surface area (TPSA) is 77.2 Å². The Balaban J connectivity index is 2.20. The zero-order chi connectivity index (χ0) is 13.8. The second-order valence-corrected chi connectivity index (χ2v) is 3.81. The number of hydrogen-bond donors (Lipinski definition) is 2. The number of rotatable bonds is 3. The molecular formula is C13H12FN3O2. The highest BCUT2D eigenvalue weighted by Crippen LogP contribution is 2.19. The molecule has 1 heterocycles. The number of halogens is 1. The number of aromatic nitrogens is 1. The number of methoxy groups -OCH3 is 1. The monoisotopic (exact) mass is 261 g/mol. The smallest absolute Gasteiger partial charge is 0.257 e. The summed E-state index contributed by atoms with van der Waals surface area (Å²) in [6.45, 7) is 0. The van der Waals surface area contributed by atoms with E-state index in [4.69, 9.17) is 10.5 Å². The Bertz CT molecular complexity index is 599. The lowest BCUT2D eigenvalue weighted by molar-refractivity contribution is 0.102. The number of amides is 1. The van der Waals surface area contributed by atoms with Gasteiger partial charge in [-0.1, -0.05) is 0 Å². The minimum Gasteiger partial charge on any atom is -0.497 e. The maximum Gasteiger partial charge on any atom is 0.257 e. The van der Waals surface area contributed by atoms with Crippen molar-refractivity contribution in [1.82, 2.24) is 4.98 Å². The number of pyridine rings is 1. The molecule has 0 bridgehead atoms. The van der Waals surface area contributed by atoms with Gasteiger partial charge in [-0.3, -0.25) is 4.79 Å². The molecule has 5 nitrogen and oxygen atoms in total. The number of carbonyl (C=O) groups is 1. The fourth-order valence-electron chi connectivity index (χ4n) is 1.51. The lowest BCUT2D eigenvalue weighted by Crippen LogP contribution is -2.13. The van der Waals surface area contributed by atoms with Crippen molar-refractivity contribution in [1.29, 1.82) is 0 Å². The van der Waals surface area contributed by atoms with E-state index in [-0.39, 0.29) is 5.82 Å². The van der Waals surface area contributed by atoms with Gasteiger partial charge in [0, 0.05) is 17.3 Å². The highest BCUT2D eigenvalue weighted by Gasteiger charge is 2.09. The number of anilines is 2. The Labute approximate surface area is 109 Å². The van der Waals surface area contributed by atoms with Crippen LogP contribution in [-0.4, -0.2) is 18.0 Å². The fourth-order valence-corrected chi connectivity index (χ4v) is 1.51. The minimum atomic E-state index is -0.469. The molecule has 0 atom stereocenters. The molecule has 0 saturated carbocycles. The molecule has 1 amide bonds. The van der Waals surface area contributed by atoms with Crippen molar-refractivity contribution < 1.29 is 13.9 Å². The third-order valence-electron chi connectivity index (χ3n) is 2.40. The molecule has 0 unspecified atom stereocenters. The van der Waals surface area contributed by atoms with E-state index < -0.39 is 11.7 Å². The Kier molecular flexibility index (Phi) is 3.61. The van der Waals surface area contributed by atoms with Crippen LogP contribution >= 0.6 is 0 Å². The Morgan fingerprint density at radius 3 is 2.79 bits per heavy atom. The van der Waals surface area contributed by atoms with Crippen molar-refractivity contribution in [3.8, 4) is 5.75 Å². The molecule has 3 N–H and O–H groups in total. The van der Waals surface area contributed by atoms with Crippen LogP contribution in [0.15, 0.2) is 36.5 Å². The summed E-state index contributed by atoms with van der Waals surface area (Å²) >= 11 is 0. The van der Waals surface area contributed by atoms with Crippen LogP contribution in [0.1, 0.15) is 10.4 Å². The summed E-state index contributed by atoms with van der Waals surface area (Å²) in [5.74, 6) is -0.127. The molecule has 6 heteroatoms. The minimum absolute atomic E-state index is 0.257. The van der Waals surface area contributed by atoms with Gasteiger partial charge in [0.15, 0.2) is 0 Å². The highest BCUT2D eigenvalue weighted by molar-refractivity contribution is 6.04. The van der Waals surface area contributed by atoms with Crippen molar-refractivity contribution in [2.24, 2.45) is 0 Å².